The van der Waals surface area contributed by atoms with Gasteiger partial charge in [-0.15, -0.1) is 0 Å². The second kappa shape index (κ2) is 14.2. The highest BCUT2D eigenvalue weighted by Gasteiger charge is 2.02. The van der Waals surface area contributed by atoms with Gasteiger partial charge in [-0.25, -0.2) is 0 Å². The van der Waals surface area contributed by atoms with Gasteiger partial charge in [0.05, 0.1) is 0 Å². The summed E-state index contributed by atoms with van der Waals surface area (Å²) in [5, 5.41) is 9.95. The summed E-state index contributed by atoms with van der Waals surface area (Å²) in [6.07, 6.45) is 0. The van der Waals surface area contributed by atoms with Crippen LogP contribution in [0.5, 0.6) is 0 Å². The first-order valence-corrected chi connectivity index (χ1v) is 7.73. The van der Waals surface area contributed by atoms with Gasteiger partial charge < -0.3 is 25.8 Å². The summed E-state index contributed by atoms with van der Waals surface area (Å²) in [5.74, 6) is 0. The third-order valence-electron chi connectivity index (χ3n) is 3.46. The summed E-state index contributed by atoms with van der Waals surface area (Å²) in [4.78, 5) is 4.95. The number of nitrogens with zero attached hydrogens (tertiary/aromatic N) is 2. The van der Waals surface area contributed by atoms with Crippen molar-refractivity contribution in [3.8, 4) is 0 Å². The number of rotatable bonds is 14. The Morgan fingerprint density at radius 3 is 1.32 bits per heavy atom. The fourth-order valence-corrected chi connectivity index (χ4v) is 2.00. The van der Waals surface area contributed by atoms with E-state index in [0.29, 0.717) is 0 Å². The molecule has 3 N–H and O–H groups in total. The molecule has 0 atom stereocenters. The van der Waals surface area contributed by atoms with Crippen LogP contribution in [0.4, 0.5) is 0 Å². The third-order valence-corrected chi connectivity index (χ3v) is 3.46. The molecule has 116 valence electrons. The molecule has 0 heterocycles. The summed E-state index contributed by atoms with van der Waals surface area (Å²) >= 11 is 0. The second-order valence-corrected chi connectivity index (χ2v) is 4.83. The minimum absolute atomic E-state index is 1.07. The Morgan fingerprint density at radius 2 is 1.00 bits per heavy atom. The standard InChI is InChI=1S/C14H35N5/c1-5-18(11-7-15-3)13-9-17-10-14-19(6-2)12-8-16-4/h15-17H,5-14H2,1-4H3. The van der Waals surface area contributed by atoms with Crippen molar-refractivity contribution in [3.63, 3.8) is 0 Å². The quantitative estimate of drug-likeness (QED) is 0.378. The van der Waals surface area contributed by atoms with Crippen LogP contribution in [0.25, 0.3) is 0 Å². The van der Waals surface area contributed by atoms with E-state index in [-0.39, 0.29) is 0 Å². The van der Waals surface area contributed by atoms with Crippen LogP contribution in [0.15, 0.2) is 0 Å². The molecule has 0 aromatic rings. The smallest absolute Gasteiger partial charge is 0.0107 e. The molecule has 0 amide bonds. The normalized spacial score (nSPS) is 11.7. The van der Waals surface area contributed by atoms with E-state index in [4.69, 9.17) is 0 Å². The molecule has 0 unspecified atom stereocenters. The predicted octanol–water partition coefficient (Wildman–Crippen LogP) is -0.341. The van der Waals surface area contributed by atoms with Crippen LogP contribution in [0.1, 0.15) is 13.8 Å². The Morgan fingerprint density at radius 1 is 0.632 bits per heavy atom. The minimum atomic E-state index is 1.07. The molecule has 0 aromatic heterocycles. The van der Waals surface area contributed by atoms with Gasteiger partial charge in [0.15, 0.2) is 0 Å². The van der Waals surface area contributed by atoms with E-state index in [0.717, 1.165) is 65.4 Å². The first-order valence-electron chi connectivity index (χ1n) is 7.73. The van der Waals surface area contributed by atoms with E-state index in [1.54, 1.807) is 0 Å². The van der Waals surface area contributed by atoms with Crippen molar-refractivity contribution in [1.29, 1.82) is 0 Å². The van der Waals surface area contributed by atoms with Crippen LogP contribution in [0, 0.1) is 0 Å². The highest BCUT2D eigenvalue weighted by molar-refractivity contribution is 4.62. The molecule has 0 aliphatic carbocycles. The van der Waals surface area contributed by atoms with E-state index in [1.165, 1.54) is 0 Å². The van der Waals surface area contributed by atoms with Gasteiger partial charge in [-0.2, -0.15) is 0 Å². The van der Waals surface area contributed by atoms with Crippen LogP contribution >= 0.6 is 0 Å². The maximum Gasteiger partial charge on any atom is 0.0107 e. The van der Waals surface area contributed by atoms with Gasteiger partial charge in [-0.3, -0.25) is 0 Å². The van der Waals surface area contributed by atoms with Gasteiger partial charge in [0.2, 0.25) is 0 Å². The molecule has 5 nitrogen and oxygen atoms in total. The molecule has 0 spiro atoms. The molecular formula is C14H35N5. The molecule has 0 rings (SSSR count). The van der Waals surface area contributed by atoms with Crippen molar-refractivity contribution in [2.75, 3.05) is 79.5 Å². The lowest BCUT2D eigenvalue weighted by Gasteiger charge is -2.22. The van der Waals surface area contributed by atoms with Gasteiger partial charge in [-0.05, 0) is 27.2 Å². The molecule has 0 fully saturated rings. The van der Waals surface area contributed by atoms with E-state index in [1.807, 2.05) is 14.1 Å². The summed E-state index contributed by atoms with van der Waals surface area (Å²) in [6, 6.07) is 0. The molecule has 0 radical (unpaired) electrons. The van der Waals surface area contributed by atoms with Gasteiger partial charge >= 0.3 is 0 Å². The largest absolute Gasteiger partial charge is 0.318 e. The maximum absolute atomic E-state index is 3.54. The zero-order chi connectivity index (χ0) is 14.3. The Balaban J connectivity index is 3.50. The average molecular weight is 273 g/mol. The Hall–Kier alpha value is -0.200. The lowest BCUT2D eigenvalue weighted by molar-refractivity contribution is 0.271. The van der Waals surface area contributed by atoms with Crippen LogP contribution in [0.2, 0.25) is 0 Å². The number of likely N-dealkylation sites (N-methyl/N-ethyl adjacent to an activating group) is 4. The summed E-state index contributed by atoms with van der Waals surface area (Å²) in [6.45, 7) is 15.6. The van der Waals surface area contributed by atoms with Crippen molar-refractivity contribution >= 4 is 0 Å². The van der Waals surface area contributed by atoms with Gasteiger partial charge in [-0.1, -0.05) is 13.8 Å². The van der Waals surface area contributed by atoms with Gasteiger partial charge in [0.25, 0.3) is 0 Å². The SMILES string of the molecule is CCN(CCNC)CCNCCN(CC)CCNC. The van der Waals surface area contributed by atoms with Crippen LogP contribution in [0.3, 0.4) is 0 Å². The highest BCUT2D eigenvalue weighted by atomic mass is 15.2. The van der Waals surface area contributed by atoms with E-state index < -0.39 is 0 Å². The minimum Gasteiger partial charge on any atom is -0.318 e. The number of nitrogens with one attached hydrogen (secondary N) is 3. The second-order valence-electron chi connectivity index (χ2n) is 4.83. The first kappa shape index (κ1) is 18.8. The molecule has 0 aliphatic heterocycles. The average Bonchev–Trinajstić information content (AvgIpc) is 2.45. The third kappa shape index (κ3) is 11.3. The predicted molar refractivity (Wildman–Crippen MR) is 85.0 cm³/mol. The first-order chi connectivity index (χ1) is 9.28. The number of hydrogen-bond acceptors (Lipinski definition) is 5. The molecule has 0 saturated carbocycles. The van der Waals surface area contributed by atoms with Crippen molar-refractivity contribution in [2.45, 2.75) is 13.8 Å². The Bertz CT molecular complexity index is 159. The summed E-state index contributed by atoms with van der Waals surface area (Å²) < 4.78 is 0. The fourth-order valence-electron chi connectivity index (χ4n) is 2.00. The van der Waals surface area contributed by atoms with Crippen molar-refractivity contribution in [3.05, 3.63) is 0 Å². The molecule has 19 heavy (non-hydrogen) atoms. The highest BCUT2D eigenvalue weighted by Crippen LogP contribution is 1.86. The zero-order valence-electron chi connectivity index (χ0n) is 13.5. The van der Waals surface area contributed by atoms with Crippen molar-refractivity contribution in [1.82, 2.24) is 25.8 Å². The lowest BCUT2D eigenvalue weighted by atomic mass is 10.4. The molecule has 0 saturated heterocycles. The Kier molecular flexibility index (Phi) is 14.1. The van der Waals surface area contributed by atoms with Crippen molar-refractivity contribution in [2.24, 2.45) is 0 Å². The van der Waals surface area contributed by atoms with Gasteiger partial charge in [0, 0.05) is 52.4 Å². The van der Waals surface area contributed by atoms with Crippen LogP contribution in [-0.2, 0) is 0 Å². The fraction of sp³-hybridized carbons (Fsp3) is 1.00. The monoisotopic (exact) mass is 273 g/mol. The summed E-state index contributed by atoms with van der Waals surface area (Å²) in [7, 11) is 4.02. The van der Waals surface area contributed by atoms with E-state index in [2.05, 4.69) is 39.6 Å². The zero-order valence-corrected chi connectivity index (χ0v) is 13.5. The molecule has 0 aromatic carbocycles. The van der Waals surface area contributed by atoms with E-state index in [9.17, 15) is 0 Å². The topological polar surface area (TPSA) is 42.6 Å². The molecular weight excluding hydrogens is 238 g/mol. The van der Waals surface area contributed by atoms with E-state index >= 15 is 0 Å². The van der Waals surface area contributed by atoms with Gasteiger partial charge in [0.1, 0.15) is 0 Å². The van der Waals surface area contributed by atoms with Crippen molar-refractivity contribution < 1.29 is 0 Å². The Labute approximate surface area is 120 Å². The van der Waals surface area contributed by atoms with Crippen LogP contribution in [-0.4, -0.2) is 89.3 Å². The number of hydrogen-bond donors (Lipinski definition) is 3. The molecule has 0 aliphatic rings. The molecule has 5 heteroatoms. The van der Waals surface area contributed by atoms with Crippen LogP contribution < -0.4 is 16.0 Å². The molecule has 0 bridgehead atoms. The summed E-state index contributed by atoms with van der Waals surface area (Å²) in [5.41, 5.74) is 0. The lowest BCUT2D eigenvalue weighted by Crippen LogP contribution is -2.39. The maximum atomic E-state index is 3.54.